The van der Waals surface area contributed by atoms with Crippen molar-refractivity contribution in [1.29, 1.82) is 0 Å². The van der Waals surface area contributed by atoms with E-state index >= 15 is 0 Å². The number of aryl methyl sites for hydroxylation is 2. The largest absolute Gasteiger partial charge is 0.387 e. The highest BCUT2D eigenvalue weighted by atomic mass is 32.1. The molecule has 1 atom stereocenters. The Labute approximate surface area is 183 Å². The molecule has 6 rings (SSSR count). The van der Waals surface area contributed by atoms with Crippen LogP contribution in [0.25, 0.3) is 43.8 Å². The Morgan fingerprint density at radius 2 is 2.06 bits per heavy atom. The van der Waals surface area contributed by atoms with E-state index in [0.29, 0.717) is 5.92 Å². The summed E-state index contributed by atoms with van der Waals surface area (Å²) in [5.41, 5.74) is 4.61. The first-order valence-electron chi connectivity index (χ1n) is 10.5. The minimum atomic E-state index is -0.413. The first kappa shape index (κ1) is 18.7. The van der Waals surface area contributed by atoms with Gasteiger partial charge in [-0.2, -0.15) is 10.2 Å². The van der Waals surface area contributed by atoms with Crippen LogP contribution in [0.15, 0.2) is 42.9 Å². The second-order valence-electron chi connectivity index (χ2n) is 8.34. The summed E-state index contributed by atoms with van der Waals surface area (Å²) in [6, 6.07) is 8.31. The average Bonchev–Trinajstić information content (AvgIpc) is 3.41. The third-order valence-electron chi connectivity index (χ3n) is 6.28. The Bertz CT molecular complexity index is 1430. The van der Waals surface area contributed by atoms with Crippen LogP contribution in [0.3, 0.4) is 0 Å². The molecular formula is C23H22N6OS. The maximum Gasteiger partial charge on any atom is 0.181 e. The number of aliphatic hydroxyl groups excluding tert-OH is 1. The van der Waals surface area contributed by atoms with Crippen molar-refractivity contribution in [3.05, 3.63) is 47.7 Å². The van der Waals surface area contributed by atoms with Gasteiger partial charge in [-0.3, -0.25) is 9.36 Å². The van der Waals surface area contributed by atoms with E-state index in [1.54, 1.807) is 22.2 Å². The predicted octanol–water partition coefficient (Wildman–Crippen LogP) is 4.48. The summed E-state index contributed by atoms with van der Waals surface area (Å²) in [5, 5.41) is 21.6. The van der Waals surface area contributed by atoms with E-state index in [1.165, 1.54) is 6.42 Å². The Morgan fingerprint density at radius 1 is 1.19 bits per heavy atom. The molecule has 0 bridgehead atoms. The summed E-state index contributed by atoms with van der Waals surface area (Å²) in [7, 11) is 3.84. The van der Waals surface area contributed by atoms with E-state index in [4.69, 9.17) is 4.98 Å². The molecule has 0 aliphatic heterocycles. The lowest BCUT2D eigenvalue weighted by atomic mass is 9.80. The van der Waals surface area contributed by atoms with Gasteiger partial charge in [-0.15, -0.1) is 11.3 Å². The van der Waals surface area contributed by atoms with Crippen LogP contribution in [-0.2, 0) is 14.1 Å². The third kappa shape index (κ3) is 3.05. The molecule has 5 aromatic rings. The van der Waals surface area contributed by atoms with Crippen molar-refractivity contribution in [2.75, 3.05) is 0 Å². The van der Waals surface area contributed by atoms with Crippen LogP contribution in [0.5, 0.6) is 0 Å². The lowest BCUT2D eigenvalue weighted by Crippen LogP contribution is -2.19. The highest BCUT2D eigenvalue weighted by Crippen LogP contribution is 2.43. The van der Waals surface area contributed by atoms with Crippen LogP contribution in [0.4, 0.5) is 0 Å². The van der Waals surface area contributed by atoms with Crippen LogP contribution in [0, 0.1) is 5.92 Å². The Morgan fingerprint density at radius 3 is 2.81 bits per heavy atom. The highest BCUT2D eigenvalue weighted by molar-refractivity contribution is 7.18. The fourth-order valence-corrected chi connectivity index (χ4v) is 5.47. The van der Waals surface area contributed by atoms with Gasteiger partial charge in [0.15, 0.2) is 5.65 Å². The quantitative estimate of drug-likeness (QED) is 0.455. The van der Waals surface area contributed by atoms with Gasteiger partial charge in [-0.1, -0.05) is 6.42 Å². The van der Waals surface area contributed by atoms with Gasteiger partial charge >= 0.3 is 0 Å². The standard InChI is InChI=1S/C23H22N6OS/c1-28-12-15-8-14(11-24-22(15)27-28)18-9-16(19-6-7-25-29(19)2)17-10-20(31-23(17)26-18)21(30)13-4-3-5-13/h6-13,21,30H,3-5H2,1-2H3. The number of pyridine rings is 2. The summed E-state index contributed by atoms with van der Waals surface area (Å²) < 4.78 is 3.65. The molecule has 7 nitrogen and oxygen atoms in total. The molecule has 1 N–H and O–H groups in total. The Hall–Kier alpha value is -3.10. The zero-order valence-corrected chi connectivity index (χ0v) is 18.2. The van der Waals surface area contributed by atoms with Crippen molar-refractivity contribution in [1.82, 2.24) is 29.5 Å². The lowest BCUT2D eigenvalue weighted by Gasteiger charge is -2.29. The molecule has 31 heavy (non-hydrogen) atoms. The topological polar surface area (TPSA) is 81.7 Å². The minimum absolute atomic E-state index is 0.366. The normalized spacial score (nSPS) is 15.6. The van der Waals surface area contributed by atoms with Crippen LogP contribution in [0.2, 0.25) is 0 Å². The van der Waals surface area contributed by atoms with E-state index in [1.807, 2.05) is 37.2 Å². The van der Waals surface area contributed by atoms with Crippen LogP contribution in [0.1, 0.15) is 30.2 Å². The smallest absolute Gasteiger partial charge is 0.181 e. The van der Waals surface area contributed by atoms with Crippen molar-refractivity contribution in [2.45, 2.75) is 25.4 Å². The number of hydrogen-bond acceptors (Lipinski definition) is 6. The summed E-state index contributed by atoms with van der Waals surface area (Å²) in [6.45, 7) is 0. The molecule has 0 saturated heterocycles. The molecular weight excluding hydrogens is 408 g/mol. The van der Waals surface area contributed by atoms with Gasteiger partial charge in [-0.05, 0) is 43.0 Å². The molecule has 5 heterocycles. The Balaban J connectivity index is 1.55. The number of aliphatic hydroxyl groups is 1. The monoisotopic (exact) mass is 430 g/mol. The first-order chi connectivity index (χ1) is 15.1. The average molecular weight is 431 g/mol. The molecule has 1 aliphatic rings. The van der Waals surface area contributed by atoms with Gasteiger partial charge < -0.3 is 5.11 Å². The molecule has 1 aliphatic carbocycles. The van der Waals surface area contributed by atoms with E-state index in [-0.39, 0.29) is 0 Å². The Kier molecular flexibility index (Phi) is 4.19. The zero-order chi connectivity index (χ0) is 21.1. The maximum absolute atomic E-state index is 10.9. The predicted molar refractivity (Wildman–Crippen MR) is 122 cm³/mol. The maximum atomic E-state index is 10.9. The van der Waals surface area contributed by atoms with Gasteiger partial charge in [0, 0.05) is 59.5 Å². The molecule has 5 aromatic heterocycles. The van der Waals surface area contributed by atoms with Crippen molar-refractivity contribution in [2.24, 2.45) is 20.0 Å². The number of rotatable bonds is 4. The van der Waals surface area contributed by atoms with Gasteiger partial charge in [0.05, 0.1) is 17.5 Å². The van der Waals surface area contributed by atoms with Crippen molar-refractivity contribution >= 4 is 32.6 Å². The molecule has 156 valence electrons. The first-order valence-corrected chi connectivity index (χ1v) is 11.3. The fourth-order valence-electron chi connectivity index (χ4n) is 4.34. The van der Waals surface area contributed by atoms with Crippen LogP contribution < -0.4 is 0 Å². The van der Waals surface area contributed by atoms with E-state index in [0.717, 1.165) is 61.5 Å². The van der Waals surface area contributed by atoms with Crippen LogP contribution >= 0.6 is 11.3 Å². The summed E-state index contributed by atoms with van der Waals surface area (Å²) >= 11 is 1.59. The minimum Gasteiger partial charge on any atom is -0.387 e. The second-order valence-corrected chi connectivity index (χ2v) is 9.40. The number of fused-ring (bicyclic) bond motifs is 2. The summed E-state index contributed by atoms with van der Waals surface area (Å²) in [5.74, 6) is 0.366. The molecule has 0 radical (unpaired) electrons. The molecule has 0 spiro atoms. The number of hydrogen-bond donors (Lipinski definition) is 1. The summed E-state index contributed by atoms with van der Waals surface area (Å²) in [6.07, 6.45) is 8.59. The molecule has 0 amide bonds. The molecule has 1 saturated carbocycles. The van der Waals surface area contributed by atoms with Gasteiger partial charge in [0.25, 0.3) is 0 Å². The van der Waals surface area contributed by atoms with Crippen LogP contribution in [-0.4, -0.2) is 34.6 Å². The molecule has 1 fully saturated rings. The summed E-state index contributed by atoms with van der Waals surface area (Å²) in [4.78, 5) is 11.4. The van der Waals surface area contributed by atoms with E-state index < -0.39 is 6.10 Å². The van der Waals surface area contributed by atoms with Crippen molar-refractivity contribution < 1.29 is 5.11 Å². The fraction of sp³-hybridized carbons (Fsp3) is 0.304. The van der Waals surface area contributed by atoms with E-state index in [2.05, 4.69) is 33.4 Å². The molecule has 0 aromatic carbocycles. The van der Waals surface area contributed by atoms with Gasteiger partial charge in [0.2, 0.25) is 0 Å². The zero-order valence-electron chi connectivity index (χ0n) is 17.4. The SMILES string of the molecule is Cn1cc2cc(-c3cc(-c4ccnn4C)c4cc(C(O)C5CCC5)sc4n3)cnc2n1. The number of nitrogens with zero attached hydrogens (tertiary/aromatic N) is 6. The van der Waals surface area contributed by atoms with Crippen molar-refractivity contribution in [3.63, 3.8) is 0 Å². The van der Waals surface area contributed by atoms with Crippen molar-refractivity contribution in [3.8, 4) is 22.5 Å². The number of aromatic nitrogens is 6. The third-order valence-corrected chi connectivity index (χ3v) is 7.38. The highest BCUT2D eigenvalue weighted by Gasteiger charge is 2.29. The number of thiophene rings is 1. The van der Waals surface area contributed by atoms with E-state index in [9.17, 15) is 5.11 Å². The molecule has 1 unspecified atom stereocenters. The van der Waals surface area contributed by atoms with Gasteiger partial charge in [0.1, 0.15) is 4.83 Å². The molecule has 8 heteroatoms. The second kappa shape index (κ2) is 6.96. The lowest BCUT2D eigenvalue weighted by molar-refractivity contribution is 0.0650. The van der Waals surface area contributed by atoms with Gasteiger partial charge in [-0.25, -0.2) is 9.97 Å².